The first-order chi connectivity index (χ1) is 14.8. The minimum Gasteiger partial charge on any atom is -0.507 e. The van der Waals surface area contributed by atoms with Gasteiger partial charge >= 0.3 is 5.97 Å². The van der Waals surface area contributed by atoms with Crippen LogP contribution >= 0.6 is 15.9 Å². The van der Waals surface area contributed by atoms with Crippen LogP contribution in [-0.4, -0.2) is 28.0 Å². The molecule has 0 aromatic heterocycles. The summed E-state index contributed by atoms with van der Waals surface area (Å²) in [4.78, 5) is 36.5. The van der Waals surface area contributed by atoms with Crippen LogP contribution in [0.3, 0.4) is 0 Å². The van der Waals surface area contributed by atoms with Gasteiger partial charge in [-0.05, 0) is 60.2 Å². The first-order valence-electron chi connectivity index (χ1n) is 9.05. The summed E-state index contributed by atoms with van der Waals surface area (Å²) in [5.74, 6) is -2.77. The Balaban J connectivity index is 1.84. The zero-order chi connectivity index (χ0) is 22.4. The number of halogens is 1. The Morgan fingerprint density at radius 2 is 1.55 bits per heavy atom. The van der Waals surface area contributed by atoms with Crippen LogP contribution in [0.15, 0.2) is 83.0 Å². The molecule has 3 aromatic rings. The number of carbonyl (C=O) groups is 3. The largest absolute Gasteiger partial charge is 0.507 e. The Hall–Kier alpha value is -3.91. The van der Waals surface area contributed by atoms with Gasteiger partial charge in [-0.1, -0.05) is 40.2 Å². The van der Waals surface area contributed by atoms with Crippen molar-refractivity contribution in [3.05, 3.63) is 99.7 Å². The second kappa shape index (κ2) is 9.73. The van der Waals surface area contributed by atoms with Crippen molar-refractivity contribution < 1.29 is 24.6 Å². The molecule has 0 saturated heterocycles. The van der Waals surface area contributed by atoms with Crippen molar-refractivity contribution in [2.24, 2.45) is 0 Å². The highest BCUT2D eigenvalue weighted by atomic mass is 79.9. The summed E-state index contributed by atoms with van der Waals surface area (Å²) in [7, 11) is 0. The quantitative estimate of drug-likeness (QED) is 0.393. The molecule has 7 nitrogen and oxygen atoms in total. The van der Waals surface area contributed by atoms with Crippen LogP contribution in [0.2, 0.25) is 0 Å². The number of phenols is 1. The number of phenolic OH excluding ortho intramolecular Hbond substituents is 1. The number of amides is 2. The number of nitrogens with one attached hydrogen (secondary N) is 2. The van der Waals surface area contributed by atoms with E-state index in [4.69, 9.17) is 0 Å². The number of carboxylic acid groups (broad SMARTS) is 1. The average molecular weight is 481 g/mol. The maximum Gasteiger partial charge on any atom is 0.352 e. The van der Waals surface area contributed by atoms with E-state index in [0.29, 0.717) is 16.8 Å². The van der Waals surface area contributed by atoms with Crippen molar-refractivity contribution in [3.8, 4) is 5.75 Å². The molecule has 0 heterocycles. The van der Waals surface area contributed by atoms with E-state index in [9.17, 15) is 24.6 Å². The number of hydrogen-bond acceptors (Lipinski definition) is 4. The molecule has 31 heavy (non-hydrogen) atoms. The molecular formula is C23H17BrN2O5. The van der Waals surface area contributed by atoms with Crippen molar-refractivity contribution in [2.75, 3.05) is 5.32 Å². The molecule has 3 aromatic carbocycles. The molecule has 8 heteroatoms. The Morgan fingerprint density at radius 3 is 2.19 bits per heavy atom. The van der Waals surface area contributed by atoms with Crippen LogP contribution in [0.5, 0.6) is 5.75 Å². The Morgan fingerprint density at radius 1 is 0.871 bits per heavy atom. The van der Waals surface area contributed by atoms with E-state index >= 15 is 0 Å². The number of anilines is 1. The molecule has 0 saturated carbocycles. The lowest BCUT2D eigenvalue weighted by Crippen LogP contribution is -2.27. The van der Waals surface area contributed by atoms with Gasteiger partial charge in [-0.3, -0.25) is 9.59 Å². The number of carboxylic acids is 1. The third-order valence-electron chi connectivity index (χ3n) is 4.19. The van der Waals surface area contributed by atoms with Crippen LogP contribution in [0.25, 0.3) is 6.08 Å². The number of aromatic hydroxyl groups is 1. The predicted molar refractivity (Wildman–Crippen MR) is 120 cm³/mol. The number of hydrogen-bond donors (Lipinski definition) is 4. The van der Waals surface area contributed by atoms with Crippen molar-refractivity contribution in [1.29, 1.82) is 0 Å². The summed E-state index contributed by atoms with van der Waals surface area (Å²) in [5.41, 5.74) is 0.712. The van der Waals surface area contributed by atoms with E-state index < -0.39 is 17.8 Å². The second-order valence-corrected chi connectivity index (χ2v) is 7.34. The molecule has 0 atom stereocenters. The van der Waals surface area contributed by atoms with Crippen molar-refractivity contribution in [2.45, 2.75) is 0 Å². The third-order valence-corrected chi connectivity index (χ3v) is 4.72. The topological polar surface area (TPSA) is 116 Å². The van der Waals surface area contributed by atoms with Gasteiger partial charge in [0.1, 0.15) is 11.4 Å². The zero-order valence-electron chi connectivity index (χ0n) is 16.0. The molecule has 0 bridgehead atoms. The van der Waals surface area contributed by atoms with Gasteiger partial charge in [0, 0.05) is 15.7 Å². The van der Waals surface area contributed by atoms with Crippen molar-refractivity contribution >= 4 is 45.5 Å². The lowest BCUT2D eigenvalue weighted by molar-refractivity contribution is -0.132. The summed E-state index contributed by atoms with van der Waals surface area (Å²) in [6, 6.07) is 19.1. The van der Waals surface area contributed by atoms with E-state index in [-0.39, 0.29) is 17.0 Å². The molecular weight excluding hydrogens is 464 g/mol. The van der Waals surface area contributed by atoms with Crippen LogP contribution < -0.4 is 10.6 Å². The third kappa shape index (κ3) is 5.80. The van der Waals surface area contributed by atoms with E-state index in [1.54, 1.807) is 54.6 Å². The Labute approximate surface area is 186 Å². The van der Waals surface area contributed by atoms with E-state index in [1.165, 1.54) is 24.3 Å². The minimum absolute atomic E-state index is 0.0456. The lowest BCUT2D eigenvalue weighted by atomic mass is 10.1. The molecule has 0 spiro atoms. The maximum absolute atomic E-state index is 12.6. The summed E-state index contributed by atoms with van der Waals surface area (Å²) in [5, 5.41) is 24.6. The standard InChI is InChI=1S/C23H17BrN2O5/c24-16-7-9-17(10-8-16)25-22(29)18-12-14(6-11-20(18)27)13-19(23(30)31)26-21(28)15-4-2-1-3-5-15/h1-13,27H,(H,25,29)(H,26,28)(H,30,31)/b19-13+. The molecule has 3 rings (SSSR count). The number of rotatable bonds is 6. The average Bonchev–Trinajstić information content (AvgIpc) is 2.76. The Kier molecular flexibility index (Phi) is 6.84. The molecule has 0 radical (unpaired) electrons. The second-order valence-electron chi connectivity index (χ2n) is 6.42. The van der Waals surface area contributed by atoms with Gasteiger partial charge in [-0.25, -0.2) is 4.79 Å². The lowest BCUT2D eigenvalue weighted by Gasteiger charge is -2.09. The first-order valence-corrected chi connectivity index (χ1v) is 9.84. The van der Waals surface area contributed by atoms with Gasteiger partial charge in [0.15, 0.2) is 0 Å². The van der Waals surface area contributed by atoms with Crippen LogP contribution in [0.1, 0.15) is 26.3 Å². The molecule has 2 amide bonds. The van der Waals surface area contributed by atoms with Gasteiger partial charge in [0.2, 0.25) is 0 Å². The number of carbonyl (C=O) groups excluding carboxylic acids is 2. The monoisotopic (exact) mass is 480 g/mol. The van der Waals surface area contributed by atoms with Gasteiger partial charge in [-0.2, -0.15) is 0 Å². The highest BCUT2D eigenvalue weighted by Crippen LogP contribution is 2.22. The van der Waals surface area contributed by atoms with E-state index in [0.717, 1.165) is 4.47 Å². The van der Waals surface area contributed by atoms with Gasteiger partial charge in [0.25, 0.3) is 11.8 Å². The molecule has 0 unspecified atom stereocenters. The SMILES string of the molecule is O=C(O)/C(=C\c1ccc(O)c(C(=O)Nc2ccc(Br)cc2)c1)NC(=O)c1ccccc1. The summed E-state index contributed by atoms with van der Waals surface area (Å²) in [6.07, 6.45) is 1.21. The fraction of sp³-hybridized carbons (Fsp3) is 0. The Bertz CT molecular complexity index is 1160. The van der Waals surface area contributed by atoms with Crippen molar-refractivity contribution in [1.82, 2.24) is 5.32 Å². The fourth-order valence-corrected chi connectivity index (χ4v) is 2.92. The number of aliphatic carboxylic acids is 1. The summed E-state index contributed by atoms with van der Waals surface area (Å²) in [6.45, 7) is 0. The van der Waals surface area contributed by atoms with Gasteiger partial charge < -0.3 is 20.8 Å². The van der Waals surface area contributed by atoms with E-state index in [2.05, 4.69) is 26.6 Å². The normalized spacial score (nSPS) is 10.9. The molecule has 0 aliphatic carbocycles. The molecule has 0 fully saturated rings. The predicted octanol–water partition coefficient (Wildman–Crippen LogP) is 4.26. The van der Waals surface area contributed by atoms with Crippen LogP contribution in [0.4, 0.5) is 5.69 Å². The smallest absolute Gasteiger partial charge is 0.352 e. The first kappa shape index (κ1) is 21.8. The van der Waals surface area contributed by atoms with E-state index in [1.807, 2.05) is 0 Å². The molecule has 156 valence electrons. The molecule has 0 aliphatic heterocycles. The minimum atomic E-state index is -1.35. The summed E-state index contributed by atoms with van der Waals surface area (Å²) >= 11 is 3.31. The maximum atomic E-state index is 12.6. The fourth-order valence-electron chi connectivity index (χ4n) is 2.66. The summed E-state index contributed by atoms with van der Waals surface area (Å²) < 4.78 is 0.847. The molecule has 4 N–H and O–H groups in total. The highest BCUT2D eigenvalue weighted by Gasteiger charge is 2.16. The van der Waals surface area contributed by atoms with Crippen LogP contribution in [0, 0.1) is 0 Å². The van der Waals surface area contributed by atoms with Gasteiger partial charge in [0.05, 0.1) is 5.56 Å². The van der Waals surface area contributed by atoms with Crippen molar-refractivity contribution in [3.63, 3.8) is 0 Å². The van der Waals surface area contributed by atoms with Crippen LogP contribution in [-0.2, 0) is 4.79 Å². The highest BCUT2D eigenvalue weighted by molar-refractivity contribution is 9.10. The number of benzene rings is 3. The zero-order valence-corrected chi connectivity index (χ0v) is 17.6. The van der Waals surface area contributed by atoms with Gasteiger partial charge in [-0.15, -0.1) is 0 Å². The molecule has 0 aliphatic rings.